The Morgan fingerprint density at radius 3 is 2.16 bits per heavy atom. The summed E-state index contributed by atoms with van der Waals surface area (Å²) >= 11 is 0. The highest BCUT2D eigenvalue weighted by molar-refractivity contribution is 6.21. The minimum absolute atomic E-state index is 0.146. The van der Waals surface area contributed by atoms with Gasteiger partial charge in [0.1, 0.15) is 0 Å². The average molecular weight is 506 g/mol. The molecule has 200 valence electrons. The Morgan fingerprint density at radius 2 is 1.46 bits per heavy atom. The van der Waals surface area contributed by atoms with Crippen molar-refractivity contribution in [3.8, 4) is 0 Å². The van der Waals surface area contributed by atoms with Crippen molar-refractivity contribution in [1.29, 1.82) is 0 Å². The minimum Gasteiger partial charge on any atom is -0.347 e. The number of benzene rings is 1. The highest BCUT2D eigenvalue weighted by Crippen LogP contribution is 2.69. The number of rotatable bonds is 3. The maximum Gasteiger partial charge on any atom is 0.261 e. The molecule has 4 saturated carbocycles. The summed E-state index contributed by atoms with van der Waals surface area (Å²) in [6.07, 6.45) is 11.0. The summed E-state index contributed by atoms with van der Waals surface area (Å²) in [4.78, 5) is 27.7. The molecule has 37 heavy (non-hydrogen) atoms. The molecule has 2 aliphatic heterocycles. The van der Waals surface area contributed by atoms with Crippen LogP contribution in [0.1, 0.15) is 99.3 Å². The molecule has 5 fully saturated rings. The maximum atomic E-state index is 13.1. The fourth-order valence-corrected chi connectivity index (χ4v) is 10.7. The SMILES string of the molecule is CC1CCC2C3CC[C@H]4[C@H](CCN5C(=O)c6ccccc6C5=O)C5(CC[C@]4(C)C3CC[C@]12C)OCCO5. The van der Waals surface area contributed by atoms with Crippen LogP contribution in [0.2, 0.25) is 0 Å². The first kappa shape index (κ1) is 24.3. The summed E-state index contributed by atoms with van der Waals surface area (Å²) in [6, 6.07) is 7.24. The molecule has 6 aliphatic rings. The third-order valence-corrected chi connectivity index (χ3v) is 12.8. The van der Waals surface area contributed by atoms with Crippen LogP contribution in [0.25, 0.3) is 0 Å². The number of ether oxygens (including phenoxy) is 2. The third kappa shape index (κ3) is 3.28. The van der Waals surface area contributed by atoms with Gasteiger partial charge in [-0.25, -0.2) is 0 Å². The largest absolute Gasteiger partial charge is 0.347 e. The Kier molecular flexibility index (Phi) is 5.52. The van der Waals surface area contributed by atoms with Gasteiger partial charge in [0.2, 0.25) is 0 Å². The van der Waals surface area contributed by atoms with Gasteiger partial charge in [-0.2, -0.15) is 0 Å². The second kappa shape index (κ2) is 8.39. The molecular weight excluding hydrogens is 462 g/mol. The Labute approximate surface area is 221 Å². The fourth-order valence-electron chi connectivity index (χ4n) is 10.7. The molecule has 1 spiro atoms. The second-order valence-electron chi connectivity index (χ2n) is 13.8. The number of carbonyl (C=O) groups is 2. The lowest BCUT2D eigenvalue weighted by Gasteiger charge is -2.64. The van der Waals surface area contributed by atoms with E-state index in [1.807, 2.05) is 12.1 Å². The summed E-state index contributed by atoms with van der Waals surface area (Å²) in [5.41, 5.74) is 1.90. The van der Waals surface area contributed by atoms with E-state index in [1.54, 1.807) is 12.1 Å². The van der Waals surface area contributed by atoms with Crippen LogP contribution in [0.15, 0.2) is 24.3 Å². The molecule has 4 aliphatic carbocycles. The molecule has 5 nitrogen and oxygen atoms in total. The quantitative estimate of drug-likeness (QED) is 0.451. The molecule has 1 aromatic carbocycles. The van der Waals surface area contributed by atoms with Crippen molar-refractivity contribution >= 4 is 11.8 Å². The van der Waals surface area contributed by atoms with Gasteiger partial charge in [0.05, 0.1) is 24.3 Å². The molecule has 2 heterocycles. The van der Waals surface area contributed by atoms with Crippen LogP contribution < -0.4 is 0 Å². The number of imide groups is 1. The van der Waals surface area contributed by atoms with Gasteiger partial charge in [-0.1, -0.05) is 32.9 Å². The number of amides is 2. The number of hydrogen-bond donors (Lipinski definition) is 0. The van der Waals surface area contributed by atoms with Gasteiger partial charge in [-0.3, -0.25) is 14.5 Å². The van der Waals surface area contributed by atoms with E-state index in [9.17, 15) is 9.59 Å². The lowest BCUT2D eigenvalue weighted by atomic mass is 9.42. The molecule has 0 bridgehead atoms. The first-order chi connectivity index (χ1) is 17.8. The van der Waals surface area contributed by atoms with Crippen molar-refractivity contribution in [2.75, 3.05) is 19.8 Å². The van der Waals surface area contributed by atoms with E-state index in [-0.39, 0.29) is 23.1 Å². The van der Waals surface area contributed by atoms with Crippen LogP contribution in [-0.2, 0) is 9.47 Å². The number of carbonyl (C=O) groups excluding carboxylic acids is 2. The van der Waals surface area contributed by atoms with Gasteiger partial charge < -0.3 is 9.47 Å². The van der Waals surface area contributed by atoms with Crippen LogP contribution in [0.4, 0.5) is 0 Å². The molecule has 0 aromatic heterocycles. The van der Waals surface area contributed by atoms with Crippen molar-refractivity contribution in [1.82, 2.24) is 4.90 Å². The fraction of sp³-hybridized carbons (Fsp3) is 0.750. The molecule has 4 unspecified atom stereocenters. The first-order valence-corrected chi connectivity index (χ1v) is 15.0. The van der Waals surface area contributed by atoms with E-state index in [0.29, 0.717) is 42.2 Å². The lowest BCUT2D eigenvalue weighted by molar-refractivity contribution is -0.269. The lowest BCUT2D eigenvalue weighted by Crippen LogP contribution is -2.60. The predicted molar refractivity (Wildman–Crippen MR) is 141 cm³/mol. The monoisotopic (exact) mass is 505 g/mol. The van der Waals surface area contributed by atoms with E-state index in [1.165, 1.54) is 49.8 Å². The van der Waals surface area contributed by atoms with E-state index >= 15 is 0 Å². The van der Waals surface area contributed by atoms with Crippen molar-refractivity contribution in [2.24, 2.45) is 46.3 Å². The van der Waals surface area contributed by atoms with Gasteiger partial charge >= 0.3 is 0 Å². The number of hydrogen-bond acceptors (Lipinski definition) is 4. The van der Waals surface area contributed by atoms with Crippen molar-refractivity contribution in [2.45, 2.75) is 84.3 Å². The molecule has 7 rings (SSSR count). The van der Waals surface area contributed by atoms with Crippen LogP contribution in [0, 0.1) is 46.3 Å². The zero-order valence-electron chi connectivity index (χ0n) is 22.8. The molecule has 0 radical (unpaired) electrons. The summed E-state index contributed by atoms with van der Waals surface area (Å²) in [7, 11) is 0. The Bertz CT molecular complexity index is 1070. The average Bonchev–Trinajstić information content (AvgIpc) is 3.56. The highest BCUT2D eigenvalue weighted by Gasteiger charge is 2.64. The minimum atomic E-state index is -0.541. The van der Waals surface area contributed by atoms with Crippen molar-refractivity contribution in [3.05, 3.63) is 35.4 Å². The van der Waals surface area contributed by atoms with Crippen molar-refractivity contribution in [3.63, 3.8) is 0 Å². The Hall–Kier alpha value is -1.72. The number of fused-ring (bicyclic) bond motifs is 6. The molecule has 1 aromatic rings. The standard InChI is InChI=1S/C32H43NO4/c1-20-8-10-24-23-9-11-26-27(13-17-33-28(34)21-6-4-5-7-22(21)29(33)35)32(36-18-19-37-32)16-15-31(26,3)25(23)12-14-30(20,24)2/h4-7,20,23-27H,8-19H2,1-3H3/t20?,23?,24?,25?,26-,27-,30+,31+/m0/s1. The first-order valence-electron chi connectivity index (χ1n) is 15.0. The topological polar surface area (TPSA) is 55.8 Å². The normalized spacial score (nSPS) is 44.0. The van der Waals surface area contributed by atoms with Gasteiger partial charge in [0.25, 0.3) is 11.8 Å². The molecule has 5 heteroatoms. The van der Waals surface area contributed by atoms with Gasteiger partial charge in [-0.05, 0) is 104 Å². The summed E-state index contributed by atoms with van der Waals surface area (Å²) in [5.74, 6) is 3.25. The third-order valence-electron chi connectivity index (χ3n) is 12.8. The van der Waals surface area contributed by atoms with E-state index < -0.39 is 5.79 Å². The van der Waals surface area contributed by atoms with E-state index in [4.69, 9.17) is 9.47 Å². The Balaban J connectivity index is 1.16. The Morgan fingerprint density at radius 1 is 0.811 bits per heavy atom. The van der Waals surface area contributed by atoms with Gasteiger partial charge in [0, 0.05) is 18.9 Å². The molecule has 2 amide bonds. The number of nitrogens with zero attached hydrogens (tertiary/aromatic N) is 1. The second-order valence-corrected chi connectivity index (χ2v) is 13.8. The molecule has 8 atom stereocenters. The van der Waals surface area contributed by atoms with Gasteiger partial charge in [0.15, 0.2) is 5.79 Å². The summed E-state index contributed by atoms with van der Waals surface area (Å²) in [5, 5.41) is 0. The summed E-state index contributed by atoms with van der Waals surface area (Å²) < 4.78 is 12.9. The van der Waals surface area contributed by atoms with Crippen LogP contribution >= 0.6 is 0 Å². The van der Waals surface area contributed by atoms with Crippen LogP contribution in [0.5, 0.6) is 0 Å². The maximum absolute atomic E-state index is 13.1. The van der Waals surface area contributed by atoms with Crippen LogP contribution in [-0.4, -0.2) is 42.3 Å². The smallest absolute Gasteiger partial charge is 0.261 e. The van der Waals surface area contributed by atoms with E-state index in [2.05, 4.69) is 20.8 Å². The zero-order valence-corrected chi connectivity index (χ0v) is 22.8. The molecule has 1 saturated heterocycles. The van der Waals surface area contributed by atoms with Gasteiger partial charge in [-0.15, -0.1) is 0 Å². The highest BCUT2D eigenvalue weighted by atomic mass is 16.7. The zero-order chi connectivity index (χ0) is 25.6. The molecular formula is C32H43NO4. The van der Waals surface area contributed by atoms with Crippen molar-refractivity contribution < 1.29 is 19.1 Å². The summed E-state index contributed by atoms with van der Waals surface area (Å²) in [6.45, 7) is 9.44. The van der Waals surface area contributed by atoms with E-state index in [0.717, 1.165) is 36.5 Å². The predicted octanol–water partition coefficient (Wildman–Crippen LogP) is 6.32. The molecule has 0 N–H and O–H groups in total. The van der Waals surface area contributed by atoms with Crippen LogP contribution in [0.3, 0.4) is 0 Å².